The molecule has 1 N–H and O–H groups in total. The number of methoxy groups -OCH3 is 2. The van der Waals surface area contributed by atoms with E-state index in [0.29, 0.717) is 73.3 Å². The number of piperidine rings is 1. The summed E-state index contributed by atoms with van der Waals surface area (Å²) in [5.41, 5.74) is 3.09. The molecule has 5 rings (SSSR count). The molecule has 0 aliphatic carbocycles. The summed E-state index contributed by atoms with van der Waals surface area (Å²) in [6.07, 6.45) is 9.46. The van der Waals surface area contributed by atoms with Crippen LogP contribution in [0.3, 0.4) is 0 Å². The highest BCUT2D eigenvalue weighted by molar-refractivity contribution is 7.88. The molecule has 0 atom stereocenters. The predicted octanol–water partition coefficient (Wildman–Crippen LogP) is 3.31. The molecular formula is C30H39N7O5S. The zero-order chi connectivity index (χ0) is 30.7. The van der Waals surface area contributed by atoms with Crippen molar-refractivity contribution >= 4 is 27.0 Å². The topological polar surface area (TPSA) is 123 Å². The number of nitrogens with zero attached hydrogens (tertiary/aromatic N) is 6. The first-order chi connectivity index (χ1) is 20.6. The minimum Gasteiger partial charge on any atom is -0.497 e. The quantitative estimate of drug-likeness (QED) is 0.273. The SMILES string of the molecule is COc1cc(OC)cc(N(CCNC(C)C)c2ccc3ncc(-c4cnn(C5CCN(S(C)(=O)=O)CC5)c4)c(=O)n3c2)c1. The van der Waals surface area contributed by atoms with Crippen LogP contribution in [0.4, 0.5) is 11.4 Å². The van der Waals surface area contributed by atoms with Crippen molar-refractivity contribution in [2.24, 2.45) is 0 Å². The molecule has 1 aliphatic heterocycles. The molecule has 0 saturated carbocycles. The molecule has 4 heterocycles. The van der Waals surface area contributed by atoms with Crippen LogP contribution in [0, 0.1) is 0 Å². The fourth-order valence-corrected chi connectivity index (χ4v) is 6.23. The van der Waals surface area contributed by atoms with Gasteiger partial charge in [0, 0.05) is 80.3 Å². The highest BCUT2D eigenvalue weighted by atomic mass is 32.2. The molecule has 0 spiro atoms. The Labute approximate surface area is 251 Å². The fourth-order valence-electron chi connectivity index (χ4n) is 5.36. The Kier molecular flexibility index (Phi) is 9.04. The molecule has 1 aliphatic rings. The van der Waals surface area contributed by atoms with E-state index in [1.807, 2.05) is 41.2 Å². The number of aromatic nitrogens is 4. The standard InChI is InChI=1S/C30H39N7O5S/c1-21(2)31-10-13-35(25-14-26(41-3)16-27(15-25)42-4)24-6-7-29-32-18-28(30(38)36(29)20-24)22-17-33-37(19-22)23-8-11-34(12-9-23)43(5,39)40/h6-7,14-21,23,31H,8-13H2,1-5H3. The fraction of sp³-hybridized carbons (Fsp3) is 0.433. The molecule has 4 aromatic rings. The van der Waals surface area contributed by atoms with E-state index in [-0.39, 0.29) is 11.6 Å². The maximum Gasteiger partial charge on any atom is 0.265 e. The molecule has 13 heteroatoms. The summed E-state index contributed by atoms with van der Waals surface area (Å²) in [4.78, 5) is 20.5. The number of hydrogen-bond donors (Lipinski definition) is 1. The second-order valence-corrected chi connectivity index (χ2v) is 13.0. The number of sulfonamides is 1. The summed E-state index contributed by atoms with van der Waals surface area (Å²) in [6, 6.07) is 9.86. The van der Waals surface area contributed by atoms with Crippen molar-refractivity contribution in [2.45, 2.75) is 38.8 Å². The maximum atomic E-state index is 13.8. The molecule has 1 aromatic carbocycles. The van der Waals surface area contributed by atoms with Gasteiger partial charge in [-0.15, -0.1) is 0 Å². The third-order valence-corrected chi connectivity index (χ3v) is 9.02. The molecule has 43 heavy (non-hydrogen) atoms. The van der Waals surface area contributed by atoms with Crippen molar-refractivity contribution < 1.29 is 17.9 Å². The average molecular weight is 610 g/mol. The smallest absolute Gasteiger partial charge is 0.265 e. The van der Waals surface area contributed by atoms with Gasteiger partial charge in [-0.25, -0.2) is 17.7 Å². The zero-order valence-electron chi connectivity index (χ0n) is 25.2. The van der Waals surface area contributed by atoms with Gasteiger partial charge >= 0.3 is 0 Å². The predicted molar refractivity (Wildman–Crippen MR) is 167 cm³/mol. The van der Waals surface area contributed by atoms with Crippen molar-refractivity contribution in [3.63, 3.8) is 0 Å². The highest BCUT2D eigenvalue weighted by Crippen LogP contribution is 2.33. The first kappa shape index (κ1) is 30.5. The van der Waals surface area contributed by atoms with Crippen LogP contribution < -0.4 is 25.2 Å². The van der Waals surface area contributed by atoms with Crippen LogP contribution in [0.15, 0.2) is 59.9 Å². The van der Waals surface area contributed by atoms with E-state index < -0.39 is 10.0 Å². The van der Waals surface area contributed by atoms with E-state index in [1.165, 1.54) is 10.6 Å². The Morgan fingerprint density at radius 1 is 1.02 bits per heavy atom. The Hall–Kier alpha value is -3.94. The minimum atomic E-state index is -3.21. The lowest BCUT2D eigenvalue weighted by Crippen LogP contribution is -2.38. The van der Waals surface area contributed by atoms with Gasteiger partial charge in [-0.3, -0.25) is 13.9 Å². The van der Waals surface area contributed by atoms with Gasteiger partial charge < -0.3 is 19.7 Å². The third kappa shape index (κ3) is 6.84. The van der Waals surface area contributed by atoms with Crippen molar-refractivity contribution in [3.05, 3.63) is 65.5 Å². The number of benzene rings is 1. The summed E-state index contributed by atoms with van der Waals surface area (Å²) < 4.78 is 39.7. The van der Waals surface area contributed by atoms with Crippen LogP contribution in [0.2, 0.25) is 0 Å². The minimum absolute atomic E-state index is 0.0578. The molecule has 0 bridgehead atoms. The van der Waals surface area contributed by atoms with E-state index in [2.05, 4.69) is 34.1 Å². The summed E-state index contributed by atoms with van der Waals surface area (Å²) in [6.45, 7) is 6.44. The van der Waals surface area contributed by atoms with Crippen LogP contribution in [-0.4, -0.2) is 84.6 Å². The van der Waals surface area contributed by atoms with Gasteiger partial charge in [0.2, 0.25) is 10.0 Å². The molecular weight excluding hydrogens is 570 g/mol. The first-order valence-corrected chi connectivity index (χ1v) is 16.2. The monoisotopic (exact) mass is 609 g/mol. The number of hydrogen-bond acceptors (Lipinski definition) is 9. The molecule has 1 fully saturated rings. The molecule has 230 valence electrons. The number of ether oxygens (including phenoxy) is 2. The molecule has 12 nitrogen and oxygen atoms in total. The second-order valence-electron chi connectivity index (χ2n) is 11.0. The Morgan fingerprint density at radius 2 is 1.72 bits per heavy atom. The van der Waals surface area contributed by atoms with E-state index in [4.69, 9.17) is 9.47 Å². The third-order valence-electron chi connectivity index (χ3n) is 7.71. The van der Waals surface area contributed by atoms with Crippen LogP contribution in [-0.2, 0) is 10.0 Å². The highest BCUT2D eigenvalue weighted by Gasteiger charge is 2.26. The van der Waals surface area contributed by atoms with Gasteiger partial charge in [-0.05, 0) is 25.0 Å². The van der Waals surface area contributed by atoms with E-state index >= 15 is 0 Å². The normalized spacial score (nSPS) is 14.8. The summed E-state index contributed by atoms with van der Waals surface area (Å²) in [7, 11) is 0.0276. The van der Waals surface area contributed by atoms with Gasteiger partial charge in [-0.1, -0.05) is 13.8 Å². The molecule has 0 unspecified atom stereocenters. The lowest BCUT2D eigenvalue weighted by molar-refractivity contribution is 0.262. The molecule has 1 saturated heterocycles. The molecule has 0 radical (unpaired) electrons. The van der Waals surface area contributed by atoms with Gasteiger partial charge in [0.05, 0.1) is 44.0 Å². The van der Waals surface area contributed by atoms with E-state index in [9.17, 15) is 13.2 Å². The summed E-state index contributed by atoms with van der Waals surface area (Å²) >= 11 is 0. The first-order valence-electron chi connectivity index (χ1n) is 14.3. The number of pyridine rings is 1. The Balaban J connectivity index is 1.47. The summed E-state index contributed by atoms with van der Waals surface area (Å²) in [5.74, 6) is 1.33. The number of fused-ring (bicyclic) bond motifs is 1. The molecule has 0 amide bonds. The molecule has 3 aromatic heterocycles. The Morgan fingerprint density at radius 3 is 2.35 bits per heavy atom. The van der Waals surface area contributed by atoms with Crippen LogP contribution >= 0.6 is 0 Å². The van der Waals surface area contributed by atoms with Crippen molar-refractivity contribution in [3.8, 4) is 22.6 Å². The second kappa shape index (κ2) is 12.7. The van der Waals surface area contributed by atoms with Crippen LogP contribution in [0.25, 0.3) is 16.8 Å². The lowest BCUT2D eigenvalue weighted by Gasteiger charge is -2.30. The van der Waals surface area contributed by atoms with E-state index in [0.717, 1.165) is 11.4 Å². The maximum absolute atomic E-state index is 13.8. The van der Waals surface area contributed by atoms with Crippen molar-refractivity contribution in [2.75, 3.05) is 51.6 Å². The van der Waals surface area contributed by atoms with Gasteiger partial charge in [0.1, 0.15) is 17.1 Å². The largest absolute Gasteiger partial charge is 0.497 e. The number of rotatable bonds is 11. The number of nitrogens with one attached hydrogen (secondary N) is 1. The van der Waals surface area contributed by atoms with Crippen molar-refractivity contribution in [1.82, 2.24) is 28.8 Å². The van der Waals surface area contributed by atoms with Crippen LogP contribution in [0.1, 0.15) is 32.7 Å². The van der Waals surface area contributed by atoms with Crippen LogP contribution in [0.5, 0.6) is 11.5 Å². The number of anilines is 2. The van der Waals surface area contributed by atoms with Crippen molar-refractivity contribution in [1.29, 1.82) is 0 Å². The summed E-state index contributed by atoms with van der Waals surface area (Å²) in [5, 5.41) is 7.99. The Bertz CT molecular complexity index is 1720. The zero-order valence-corrected chi connectivity index (χ0v) is 26.0. The van der Waals surface area contributed by atoms with E-state index in [1.54, 1.807) is 37.2 Å². The lowest BCUT2D eigenvalue weighted by atomic mass is 10.1. The average Bonchev–Trinajstić information content (AvgIpc) is 3.49. The van der Waals surface area contributed by atoms with Gasteiger partial charge in [-0.2, -0.15) is 5.10 Å². The van der Waals surface area contributed by atoms with Gasteiger partial charge in [0.25, 0.3) is 5.56 Å². The van der Waals surface area contributed by atoms with Gasteiger partial charge in [0.15, 0.2) is 0 Å².